The zero-order valence-corrected chi connectivity index (χ0v) is 11.2. The second-order valence-electron chi connectivity index (χ2n) is 4.26. The first kappa shape index (κ1) is 13.8. The zero-order valence-electron chi connectivity index (χ0n) is 10.4. The monoisotopic (exact) mass is 313 g/mol. The fourth-order valence-corrected chi connectivity index (χ4v) is 2.30. The molecule has 1 aliphatic heterocycles. The fourth-order valence-electron chi connectivity index (χ4n) is 1.96. The Bertz CT molecular complexity index is 706. The van der Waals surface area contributed by atoms with Crippen molar-refractivity contribution in [2.45, 2.75) is 6.29 Å². The molecule has 0 fully saturated rings. The van der Waals surface area contributed by atoms with Gasteiger partial charge in [0, 0.05) is 5.69 Å². The third-order valence-corrected chi connectivity index (χ3v) is 3.23. The topological polar surface area (TPSA) is 67.8 Å². The molecular formula is C13H9F2NO4S. The first-order valence-electron chi connectivity index (χ1n) is 5.81. The Morgan fingerprint density at radius 2 is 1.62 bits per heavy atom. The molecule has 0 bridgehead atoms. The zero-order chi connectivity index (χ0) is 15.0. The number of nitrogens with one attached hydrogen (secondary N) is 1. The number of rotatable bonds is 3. The minimum absolute atomic E-state index is 0.0160. The molecule has 0 saturated heterocycles. The maximum Gasteiger partial charge on any atom is 0.586 e. The Balaban J connectivity index is 1.87. The standard InChI is InChI=1S/C13H9F2NO4S/c14-13(15)19-11-6-3-9(7-12(11)20-13)8-1-4-10(5-2-8)16-21(17)18/h1-7,16H,(H,17,18). The average molecular weight is 313 g/mol. The molecule has 8 heteroatoms. The van der Waals surface area contributed by atoms with Gasteiger partial charge < -0.3 is 9.47 Å². The minimum Gasteiger partial charge on any atom is -0.395 e. The van der Waals surface area contributed by atoms with E-state index in [2.05, 4.69) is 14.2 Å². The highest BCUT2D eigenvalue weighted by molar-refractivity contribution is 7.80. The van der Waals surface area contributed by atoms with E-state index < -0.39 is 17.6 Å². The van der Waals surface area contributed by atoms with Crippen molar-refractivity contribution in [1.82, 2.24) is 0 Å². The lowest BCUT2D eigenvalue weighted by Crippen LogP contribution is -2.25. The van der Waals surface area contributed by atoms with Gasteiger partial charge in [-0.2, -0.15) is 0 Å². The maximum absolute atomic E-state index is 12.9. The molecule has 5 nitrogen and oxygen atoms in total. The minimum atomic E-state index is -3.64. The summed E-state index contributed by atoms with van der Waals surface area (Å²) in [6.07, 6.45) is -3.64. The summed E-state index contributed by atoms with van der Waals surface area (Å²) in [6.45, 7) is 0. The first-order chi connectivity index (χ1) is 9.93. The van der Waals surface area contributed by atoms with Gasteiger partial charge >= 0.3 is 6.29 Å². The molecule has 3 rings (SSSR count). The lowest BCUT2D eigenvalue weighted by atomic mass is 10.0. The van der Waals surface area contributed by atoms with Crippen LogP contribution in [0.1, 0.15) is 0 Å². The second-order valence-corrected chi connectivity index (χ2v) is 4.96. The van der Waals surface area contributed by atoms with Crippen molar-refractivity contribution in [3.05, 3.63) is 42.5 Å². The molecule has 0 spiro atoms. The van der Waals surface area contributed by atoms with Gasteiger partial charge in [0.15, 0.2) is 11.5 Å². The van der Waals surface area contributed by atoms with Gasteiger partial charge in [0.25, 0.3) is 11.3 Å². The molecule has 0 radical (unpaired) electrons. The summed E-state index contributed by atoms with van der Waals surface area (Å²) >= 11 is -2.15. The van der Waals surface area contributed by atoms with E-state index in [9.17, 15) is 13.0 Å². The van der Waals surface area contributed by atoms with Crippen LogP contribution in [-0.4, -0.2) is 15.1 Å². The second kappa shape index (κ2) is 4.97. The van der Waals surface area contributed by atoms with E-state index in [0.29, 0.717) is 11.3 Å². The Labute approximate surface area is 120 Å². The molecule has 1 heterocycles. The summed E-state index contributed by atoms with van der Waals surface area (Å²) in [5, 5.41) is 0. The normalized spacial score (nSPS) is 16.5. The Kier molecular flexibility index (Phi) is 3.26. The van der Waals surface area contributed by atoms with Gasteiger partial charge in [-0.1, -0.05) is 18.2 Å². The van der Waals surface area contributed by atoms with E-state index >= 15 is 0 Å². The smallest absolute Gasteiger partial charge is 0.395 e. The summed E-state index contributed by atoms with van der Waals surface area (Å²) in [5.41, 5.74) is 1.87. The molecule has 1 unspecified atom stereocenters. The SMILES string of the molecule is O=S(O)Nc1ccc(-c2ccc3c(c2)OC(F)(F)O3)cc1. The third kappa shape index (κ3) is 2.96. The highest BCUT2D eigenvalue weighted by Gasteiger charge is 2.43. The van der Waals surface area contributed by atoms with Crippen molar-refractivity contribution in [3.8, 4) is 22.6 Å². The number of ether oxygens (including phenoxy) is 2. The van der Waals surface area contributed by atoms with Crippen molar-refractivity contribution < 1.29 is 27.0 Å². The number of hydrogen-bond donors (Lipinski definition) is 2. The van der Waals surface area contributed by atoms with Crippen LogP contribution in [0.2, 0.25) is 0 Å². The molecule has 0 saturated carbocycles. The van der Waals surface area contributed by atoms with Crippen molar-refractivity contribution in [2.24, 2.45) is 0 Å². The van der Waals surface area contributed by atoms with Crippen LogP contribution in [0, 0.1) is 0 Å². The number of benzene rings is 2. The van der Waals surface area contributed by atoms with Crippen molar-refractivity contribution in [2.75, 3.05) is 4.72 Å². The molecule has 1 aliphatic rings. The molecule has 0 aromatic heterocycles. The third-order valence-electron chi connectivity index (χ3n) is 2.82. The van der Waals surface area contributed by atoms with Crippen LogP contribution >= 0.6 is 0 Å². The van der Waals surface area contributed by atoms with Crippen LogP contribution in [0.15, 0.2) is 42.5 Å². The van der Waals surface area contributed by atoms with Gasteiger partial charge in [0.1, 0.15) is 0 Å². The van der Waals surface area contributed by atoms with Crippen molar-refractivity contribution >= 4 is 17.0 Å². The van der Waals surface area contributed by atoms with Gasteiger partial charge in [-0.25, -0.2) is 4.21 Å². The summed E-state index contributed by atoms with van der Waals surface area (Å²) in [6, 6.07) is 11.0. The predicted octanol–water partition coefficient (Wildman–Crippen LogP) is 3.22. The molecule has 0 aliphatic carbocycles. The van der Waals surface area contributed by atoms with E-state index in [0.717, 1.165) is 5.56 Å². The lowest BCUT2D eigenvalue weighted by Gasteiger charge is -2.05. The van der Waals surface area contributed by atoms with E-state index in [1.807, 2.05) is 0 Å². The molecule has 21 heavy (non-hydrogen) atoms. The molecule has 110 valence electrons. The quantitative estimate of drug-likeness (QED) is 0.854. The Morgan fingerprint density at radius 1 is 1.00 bits per heavy atom. The summed E-state index contributed by atoms with van der Waals surface area (Å²) < 4.78 is 56.2. The van der Waals surface area contributed by atoms with Crippen LogP contribution in [0.5, 0.6) is 11.5 Å². The number of alkyl halides is 2. The van der Waals surface area contributed by atoms with E-state index in [1.165, 1.54) is 12.1 Å². The van der Waals surface area contributed by atoms with Gasteiger partial charge in [-0.3, -0.25) is 9.27 Å². The molecular weight excluding hydrogens is 304 g/mol. The average Bonchev–Trinajstić information content (AvgIpc) is 2.71. The Morgan fingerprint density at radius 3 is 2.29 bits per heavy atom. The van der Waals surface area contributed by atoms with Crippen LogP contribution < -0.4 is 14.2 Å². The van der Waals surface area contributed by atoms with Crippen LogP contribution in [0.25, 0.3) is 11.1 Å². The largest absolute Gasteiger partial charge is 0.586 e. The molecule has 0 amide bonds. The van der Waals surface area contributed by atoms with Crippen molar-refractivity contribution in [1.29, 1.82) is 0 Å². The molecule has 2 aromatic carbocycles. The van der Waals surface area contributed by atoms with E-state index in [-0.39, 0.29) is 11.5 Å². The molecule has 2 N–H and O–H groups in total. The summed E-state index contributed by atoms with van der Waals surface area (Å²) in [4.78, 5) is 0. The highest BCUT2D eigenvalue weighted by atomic mass is 32.2. The number of anilines is 1. The number of halogens is 2. The van der Waals surface area contributed by atoms with Gasteiger partial charge in [0.05, 0.1) is 0 Å². The first-order valence-corrected chi connectivity index (χ1v) is 6.91. The van der Waals surface area contributed by atoms with Crippen LogP contribution in [0.3, 0.4) is 0 Å². The van der Waals surface area contributed by atoms with Gasteiger partial charge in [-0.05, 0) is 35.4 Å². The number of fused-ring (bicyclic) bond motifs is 1. The van der Waals surface area contributed by atoms with E-state index in [1.54, 1.807) is 30.3 Å². The van der Waals surface area contributed by atoms with Crippen LogP contribution in [-0.2, 0) is 11.3 Å². The molecule has 1 atom stereocenters. The van der Waals surface area contributed by atoms with E-state index in [4.69, 9.17) is 4.55 Å². The highest BCUT2D eigenvalue weighted by Crippen LogP contribution is 2.42. The van der Waals surface area contributed by atoms with Crippen LogP contribution in [0.4, 0.5) is 14.5 Å². The maximum atomic E-state index is 12.9. The summed E-state index contributed by atoms with van der Waals surface area (Å²) in [5.74, 6) is -0.0473. The summed E-state index contributed by atoms with van der Waals surface area (Å²) in [7, 11) is 0. The fraction of sp³-hybridized carbons (Fsp3) is 0.0769. The van der Waals surface area contributed by atoms with Gasteiger partial charge in [0.2, 0.25) is 0 Å². The van der Waals surface area contributed by atoms with Crippen molar-refractivity contribution in [3.63, 3.8) is 0 Å². The Hall–Kier alpha value is -2.19. The predicted molar refractivity (Wildman–Crippen MR) is 72.5 cm³/mol. The number of hydrogen-bond acceptors (Lipinski definition) is 3. The van der Waals surface area contributed by atoms with Gasteiger partial charge in [-0.15, -0.1) is 8.78 Å². The molecule has 2 aromatic rings. The lowest BCUT2D eigenvalue weighted by molar-refractivity contribution is -0.286.